The second-order valence-electron chi connectivity index (χ2n) is 7.18. The summed E-state index contributed by atoms with van der Waals surface area (Å²) in [5, 5.41) is 15.9. The van der Waals surface area contributed by atoms with Crippen LogP contribution in [0.1, 0.15) is 23.3 Å². The van der Waals surface area contributed by atoms with Gasteiger partial charge in [0.1, 0.15) is 5.69 Å². The van der Waals surface area contributed by atoms with E-state index in [1.807, 2.05) is 12.1 Å². The molecule has 0 radical (unpaired) electrons. The molecular formula is C22H22ClN5O3. The zero-order valence-electron chi connectivity index (χ0n) is 16.7. The highest BCUT2D eigenvalue weighted by Gasteiger charge is 2.16. The van der Waals surface area contributed by atoms with E-state index in [1.165, 1.54) is 0 Å². The van der Waals surface area contributed by atoms with E-state index in [0.717, 1.165) is 25.0 Å². The van der Waals surface area contributed by atoms with Crippen LogP contribution in [0.15, 0.2) is 54.6 Å². The van der Waals surface area contributed by atoms with Crippen LogP contribution in [0.3, 0.4) is 0 Å². The number of ether oxygens (including phenoxy) is 1. The smallest absolute Gasteiger partial charge is 0.319 e. The third-order valence-electron chi connectivity index (χ3n) is 4.86. The molecule has 1 aliphatic rings. The number of urea groups is 1. The highest BCUT2D eigenvalue weighted by Crippen LogP contribution is 2.22. The first kappa shape index (κ1) is 20.9. The summed E-state index contributed by atoms with van der Waals surface area (Å²) in [4.78, 5) is 24.5. The predicted molar refractivity (Wildman–Crippen MR) is 119 cm³/mol. The average Bonchev–Trinajstić information content (AvgIpc) is 3.46. The van der Waals surface area contributed by atoms with Gasteiger partial charge < -0.3 is 20.7 Å². The molecule has 9 heteroatoms. The molecule has 1 saturated heterocycles. The Morgan fingerprint density at radius 1 is 1.10 bits per heavy atom. The molecule has 0 bridgehead atoms. The lowest BCUT2D eigenvalue weighted by Crippen LogP contribution is -2.35. The largest absolute Gasteiger partial charge is 0.376 e. The number of H-pyrrole nitrogens is 1. The van der Waals surface area contributed by atoms with E-state index >= 15 is 0 Å². The van der Waals surface area contributed by atoms with Crippen LogP contribution in [0.2, 0.25) is 5.02 Å². The van der Waals surface area contributed by atoms with E-state index in [0.29, 0.717) is 34.3 Å². The molecule has 3 amide bonds. The number of aromatic nitrogens is 2. The van der Waals surface area contributed by atoms with E-state index in [-0.39, 0.29) is 18.0 Å². The van der Waals surface area contributed by atoms with Gasteiger partial charge in [0, 0.05) is 35.1 Å². The van der Waals surface area contributed by atoms with Crippen LogP contribution in [-0.4, -0.2) is 41.4 Å². The minimum absolute atomic E-state index is 0.0882. The third-order valence-corrected chi connectivity index (χ3v) is 5.09. The fraction of sp³-hybridized carbons (Fsp3) is 0.227. The first-order valence-corrected chi connectivity index (χ1v) is 10.3. The SMILES string of the molecule is O=C(NCC1CCCO1)Nc1ccc(NC(=O)c2cc(-c3cccc(Cl)c3)n[nH]2)cc1. The number of halogens is 1. The van der Waals surface area contributed by atoms with Gasteiger partial charge in [-0.3, -0.25) is 9.89 Å². The summed E-state index contributed by atoms with van der Waals surface area (Å²) in [6, 6.07) is 15.5. The number of anilines is 2. The Bertz CT molecular complexity index is 1060. The minimum Gasteiger partial charge on any atom is -0.376 e. The fourth-order valence-electron chi connectivity index (χ4n) is 3.26. The van der Waals surface area contributed by atoms with Gasteiger partial charge >= 0.3 is 6.03 Å². The standard InChI is InChI=1S/C22H22ClN5O3/c23-15-4-1-3-14(11-15)19-12-20(28-27-19)21(29)25-16-6-8-17(9-7-16)26-22(30)24-13-18-5-2-10-31-18/h1,3-4,6-9,11-12,18H,2,5,10,13H2,(H,25,29)(H,27,28)(H2,24,26,30). The van der Waals surface area contributed by atoms with Crippen molar-refractivity contribution in [3.8, 4) is 11.3 Å². The maximum atomic E-state index is 12.5. The van der Waals surface area contributed by atoms with Crippen molar-refractivity contribution in [2.45, 2.75) is 18.9 Å². The lowest BCUT2D eigenvalue weighted by atomic mass is 10.1. The Morgan fingerprint density at radius 2 is 1.87 bits per heavy atom. The molecule has 0 saturated carbocycles. The van der Waals surface area contributed by atoms with Gasteiger partial charge in [-0.1, -0.05) is 23.7 Å². The number of carbonyl (C=O) groups excluding carboxylic acids is 2. The van der Waals surface area contributed by atoms with Crippen LogP contribution in [0.25, 0.3) is 11.3 Å². The number of rotatable bonds is 6. The molecular weight excluding hydrogens is 418 g/mol. The Labute approximate surface area is 184 Å². The summed E-state index contributed by atoms with van der Waals surface area (Å²) in [6.07, 6.45) is 2.08. The molecule has 1 unspecified atom stereocenters. The van der Waals surface area contributed by atoms with Crippen molar-refractivity contribution in [3.63, 3.8) is 0 Å². The number of aromatic amines is 1. The monoisotopic (exact) mass is 439 g/mol. The van der Waals surface area contributed by atoms with Gasteiger partial charge in [-0.05, 0) is 55.3 Å². The van der Waals surface area contributed by atoms with Gasteiger partial charge in [0.05, 0.1) is 11.8 Å². The van der Waals surface area contributed by atoms with Gasteiger partial charge in [-0.25, -0.2) is 4.79 Å². The van der Waals surface area contributed by atoms with E-state index < -0.39 is 0 Å². The number of nitrogens with one attached hydrogen (secondary N) is 4. The van der Waals surface area contributed by atoms with Crippen molar-refractivity contribution in [3.05, 3.63) is 65.3 Å². The zero-order valence-corrected chi connectivity index (χ0v) is 17.4. The molecule has 2 aromatic carbocycles. The lowest BCUT2D eigenvalue weighted by Gasteiger charge is -2.12. The molecule has 31 heavy (non-hydrogen) atoms. The van der Waals surface area contributed by atoms with Crippen molar-refractivity contribution in [2.24, 2.45) is 0 Å². The van der Waals surface area contributed by atoms with Crippen LogP contribution in [0, 0.1) is 0 Å². The second-order valence-corrected chi connectivity index (χ2v) is 7.62. The second kappa shape index (κ2) is 9.63. The van der Waals surface area contributed by atoms with Crippen LogP contribution < -0.4 is 16.0 Å². The van der Waals surface area contributed by atoms with Gasteiger partial charge in [0.25, 0.3) is 5.91 Å². The molecule has 4 rings (SSSR count). The molecule has 1 aromatic heterocycles. The molecule has 160 valence electrons. The lowest BCUT2D eigenvalue weighted by molar-refractivity contribution is 0.102. The maximum Gasteiger partial charge on any atom is 0.319 e. The number of nitrogens with zero attached hydrogens (tertiary/aromatic N) is 1. The summed E-state index contributed by atoms with van der Waals surface area (Å²) in [7, 11) is 0. The van der Waals surface area contributed by atoms with Crippen molar-refractivity contribution in [1.82, 2.24) is 15.5 Å². The van der Waals surface area contributed by atoms with Crippen molar-refractivity contribution < 1.29 is 14.3 Å². The van der Waals surface area contributed by atoms with Gasteiger partial charge in [0.2, 0.25) is 0 Å². The first-order valence-electron chi connectivity index (χ1n) is 9.96. The molecule has 1 aliphatic heterocycles. The average molecular weight is 440 g/mol. The summed E-state index contributed by atoms with van der Waals surface area (Å²) >= 11 is 6.01. The molecule has 8 nitrogen and oxygen atoms in total. The molecule has 4 N–H and O–H groups in total. The van der Waals surface area contributed by atoms with E-state index in [4.69, 9.17) is 16.3 Å². The third kappa shape index (κ3) is 5.62. The van der Waals surface area contributed by atoms with Crippen LogP contribution >= 0.6 is 11.6 Å². The molecule has 1 atom stereocenters. The normalized spacial score (nSPS) is 15.5. The number of benzene rings is 2. The van der Waals surface area contributed by atoms with Gasteiger partial charge in [0.15, 0.2) is 0 Å². The highest BCUT2D eigenvalue weighted by atomic mass is 35.5. The number of hydrogen-bond donors (Lipinski definition) is 4. The topological polar surface area (TPSA) is 108 Å². The molecule has 0 spiro atoms. The Balaban J connectivity index is 1.30. The first-order chi connectivity index (χ1) is 15.1. The maximum absolute atomic E-state index is 12.5. The minimum atomic E-state index is -0.323. The van der Waals surface area contributed by atoms with Crippen molar-refractivity contribution in [2.75, 3.05) is 23.8 Å². The summed E-state index contributed by atoms with van der Waals surface area (Å²) < 4.78 is 5.48. The summed E-state index contributed by atoms with van der Waals surface area (Å²) in [6.45, 7) is 1.24. The van der Waals surface area contributed by atoms with E-state index in [9.17, 15) is 9.59 Å². The van der Waals surface area contributed by atoms with Gasteiger partial charge in [-0.2, -0.15) is 5.10 Å². The van der Waals surface area contributed by atoms with Crippen LogP contribution in [-0.2, 0) is 4.74 Å². The van der Waals surface area contributed by atoms with Crippen molar-refractivity contribution >= 4 is 34.9 Å². The number of hydrogen-bond acceptors (Lipinski definition) is 4. The Kier molecular flexibility index (Phi) is 6.49. The quantitative estimate of drug-likeness (QED) is 0.459. The zero-order chi connectivity index (χ0) is 21.6. The molecule has 1 fully saturated rings. The summed E-state index contributed by atoms with van der Waals surface area (Å²) in [5.74, 6) is -0.323. The fourth-order valence-corrected chi connectivity index (χ4v) is 3.45. The highest BCUT2D eigenvalue weighted by molar-refractivity contribution is 6.30. The number of amides is 3. The Morgan fingerprint density at radius 3 is 2.58 bits per heavy atom. The van der Waals surface area contributed by atoms with E-state index in [2.05, 4.69) is 26.1 Å². The molecule has 0 aliphatic carbocycles. The Hall–Kier alpha value is -3.36. The van der Waals surface area contributed by atoms with Crippen LogP contribution in [0.4, 0.5) is 16.2 Å². The van der Waals surface area contributed by atoms with Crippen molar-refractivity contribution in [1.29, 1.82) is 0 Å². The van der Waals surface area contributed by atoms with E-state index in [1.54, 1.807) is 42.5 Å². The van der Waals surface area contributed by atoms with Gasteiger partial charge in [-0.15, -0.1) is 0 Å². The molecule has 2 heterocycles. The van der Waals surface area contributed by atoms with Crippen LogP contribution in [0.5, 0.6) is 0 Å². The predicted octanol–water partition coefficient (Wildman–Crippen LogP) is 4.28. The molecule has 3 aromatic rings. The summed E-state index contributed by atoms with van der Waals surface area (Å²) in [5.41, 5.74) is 2.98. The number of carbonyl (C=O) groups is 2.